The van der Waals surface area contributed by atoms with Gasteiger partial charge in [0, 0.05) is 12.0 Å². The summed E-state index contributed by atoms with van der Waals surface area (Å²) in [6.07, 6.45) is 7.88. The second kappa shape index (κ2) is 7.74. The van der Waals surface area contributed by atoms with Crippen molar-refractivity contribution in [3.8, 4) is 11.5 Å². The van der Waals surface area contributed by atoms with E-state index in [2.05, 4.69) is 46.0 Å². The Kier molecular flexibility index (Phi) is 5.97. The van der Waals surface area contributed by atoms with Crippen LogP contribution < -0.4 is 9.16 Å². The van der Waals surface area contributed by atoms with Gasteiger partial charge >= 0.3 is 0 Å². The molecule has 1 fully saturated rings. The third kappa shape index (κ3) is 5.06. The van der Waals surface area contributed by atoms with E-state index >= 15 is 0 Å². The molecule has 29 heavy (non-hydrogen) atoms. The highest BCUT2D eigenvalue weighted by atomic mass is 32.2. The smallest absolute Gasteiger partial charge is 0.264 e. The molecule has 5 nitrogen and oxygen atoms in total. The Morgan fingerprint density at radius 1 is 1.21 bits per heavy atom. The molecule has 0 radical (unpaired) electrons. The lowest BCUT2D eigenvalue weighted by molar-refractivity contribution is 0.0536. The second-order valence-electron chi connectivity index (χ2n) is 9.81. The molecule has 1 aromatic rings. The number of rotatable bonds is 6. The lowest BCUT2D eigenvalue weighted by atomic mass is 9.76. The van der Waals surface area contributed by atoms with Gasteiger partial charge in [-0.25, -0.2) is 0 Å². The van der Waals surface area contributed by atoms with Gasteiger partial charge in [0.15, 0.2) is 0 Å². The minimum absolute atomic E-state index is 0.135. The van der Waals surface area contributed by atoms with E-state index in [-0.39, 0.29) is 11.6 Å². The normalized spacial score (nSPS) is 22.2. The van der Waals surface area contributed by atoms with Crippen LogP contribution in [0.5, 0.6) is 11.5 Å². The highest BCUT2D eigenvalue weighted by molar-refractivity contribution is 7.85. The highest BCUT2D eigenvalue weighted by Crippen LogP contribution is 2.47. The van der Waals surface area contributed by atoms with Crippen molar-refractivity contribution in [2.45, 2.75) is 76.6 Å². The van der Waals surface area contributed by atoms with Gasteiger partial charge in [0.2, 0.25) is 8.32 Å². The van der Waals surface area contributed by atoms with Crippen molar-refractivity contribution < 1.29 is 21.8 Å². The summed E-state index contributed by atoms with van der Waals surface area (Å²) in [6, 6.07) is 6.05. The van der Waals surface area contributed by atoms with Gasteiger partial charge in [0.1, 0.15) is 17.1 Å². The molecular formula is C22H34O5SSi. The minimum Gasteiger partial charge on any atom is -0.543 e. The maximum atomic E-state index is 11.4. The molecular weight excluding hydrogens is 404 g/mol. The van der Waals surface area contributed by atoms with Gasteiger partial charge < -0.3 is 9.16 Å². The molecule has 7 heteroatoms. The van der Waals surface area contributed by atoms with E-state index in [0.717, 1.165) is 49.0 Å². The minimum atomic E-state index is -3.45. The van der Waals surface area contributed by atoms with E-state index in [1.165, 1.54) is 5.57 Å². The van der Waals surface area contributed by atoms with Crippen molar-refractivity contribution in [3.05, 3.63) is 29.3 Å². The average Bonchev–Trinajstić information content (AvgIpc) is 2.57. The first-order chi connectivity index (χ1) is 13.3. The van der Waals surface area contributed by atoms with Gasteiger partial charge in [0.05, 0.1) is 12.9 Å². The molecule has 162 valence electrons. The van der Waals surface area contributed by atoms with Gasteiger partial charge in [-0.1, -0.05) is 20.8 Å². The van der Waals surface area contributed by atoms with E-state index in [1.807, 2.05) is 12.1 Å². The Balaban J connectivity index is 1.85. The van der Waals surface area contributed by atoms with E-state index in [1.54, 1.807) is 0 Å². The standard InChI is InChI=1S/C22H34O5SSi/c1-21(2,3)29(5,6)27-19-10-11-20-17(16-19)15-18-9-7-8-12-22(18,26-20)13-14-25-28(4,23)24/h10-11,15-16H,7-9,12-14H2,1-6H3/t22-/m1/s1. The van der Waals surface area contributed by atoms with Crippen LogP contribution in [0.4, 0.5) is 0 Å². The topological polar surface area (TPSA) is 61.8 Å². The third-order valence-electron chi connectivity index (χ3n) is 6.46. The zero-order valence-corrected chi connectivity index (χ0v) is 20.3. The molecule has 0 bridgehead atoms. The largest absolute Gasteiger partial charge is 0.543 e. The van der Waals surface area contributed by atoms with Crippen LogP contribution in [0.2, 0.25) is 18.1 Å². The van der Waals surface area contributed by atoms with Crippen molar-refractivity contribution in [3.63, 3.8) is 0 Å². The molecule has 2 aliphatic rings. The molecule has 1 saturated carbocycles. The molecule has 0 amide bonds. The lowest BCUT2D eigenvalue weighted by Crippen LogP contribution is -2.44. The molecule has 0 aromatic heterocycles. The molecule has 0 unspecified atom stereocenters. The van der Waals surface area contributed by atoms with Gasteiger partial charge in [-0.2, -0.15) is 8.42 Å². The zero-order chi connectivity index (χ0) is 21.5. The van der Waals surface area contributed by atoms with Crippen molar-refractivity contribution >= 4 is 24.5 Å². The van der Waals surface area contributed by atoms with Crippen molar-refractivity contribution in [2.75, 3.05) is 12.9 Å². The molecule has 1 aliphatic carbocycles. The van der Waals surface area contributed by atoms with Gasteiger partial charge in [-0.05, 0) is 73.7 Å². The van der Waals surface area contributed by atoms with Gasteiger partial charge in [-0.3, -0.25) is 4.18 Å². The Morgan fingerprint density at radius 2 is 1.93 bits per heavy atom. The Labute approximate surface area is 176 Å². The predicted molar refractivity (Wildman–Crippen MR) is 119 cm³/mol. The maximum absolute atomic E-state index is 11.4. The van der Waals surface area contributed by atoms with Gasteiger partial charge in [0.25, 0.3) is 10.1 Å². The fourth-order valence-electron chi connectivity index (χ4n) is 3.77. The summed E-state index contributed by atoms with van der Waals surface area (Å²) in [7, 11) is -5.36. The summed E-state index contributed by atoms with van der Waals surface area (Å²) in [5, 5.41) is 0.135. The van der Waals surface area contributed by atoms with Crippen molar-refractivity contribution in [2.24, 2.45) is 0 Å². The van der Waals surface area contributed by atoms with Gasteiger partial charge in [-0.15, -0.1) is 0 Å². The number of fused-ring (bicyclic) bond motifs is 2. The summed E-state index contributed by atoms with van der Waals surface area (Å²) < 4.78 is 40.7. The molecule has 1 atom stereocenters. The number of ether oxygens (including phenoxy) is 1. The Morgan fingerprint density at radius 3 is 2.59 bits per heavy atom. The van der Waals surface area contributed by atoms with Crippen LogP contribution in [-0.4, -0.2) is 35.2 Å². The Hall–Kier alpha value is -1.31. The molecule has 0 N–H and O–H groups in total. The summed E-state index contributed by atoms with van der Waals surface area (Å²) >= 11 is 0. The zero-order valence-electron chi connectivity index (χ0n) is 18.5. The first-order valence-electron chi connectivity index (χ1n) is 10.4. The van der Waals surface area contributed by atoms with E-state index in [4.69, 9.17) is 13.3 Å². The molecule has 1 aromatic carbocycles. The van der Waals surface area contributed by atoms with Crippen molar-refractivity contribution in [1.29, 1.82) is 0 Å². The second-order valence-corrected chi connectivity index (χ2v) is 16.2. The fourth-order valence-corrected chi connectivity index (χ4v) is 5.18. The molecule has 1 aliphatic heterocycles. The maximum Gasteiger partial charge on any atom is 0.264 e. The van der Waals surface area contributed by atoms with E-state index in [9.17, 15) is 8.42 Å². The molecule has 3 rings (SSSR count). The van der Waals surface area contributed by atoms with Crippen LogP contribution in [0.15, 0.2) is 23.8 Å². The quantitative estimate of drug-likeness (QED) is 0.432. The number of hydrogen-bond acceptors (Lipinski definition) is 5. The van der Waals surface area contributed by atoms with Crippen LogP contribution >= 0.6 is 0 Å². The number of hydrogen-bond donors (Lipinski definition) is 0. The Bertz CT molecular complexity index is 898. The fraction of sp³-hybridized carbons (Fsp3) is 0.636. The predicted octanol–water partition coefficient (Wildman–Crippen LogP) is 5.53. The lowest BCUT2D eigenvalue weighted by Gasteiger charge is -2.43. The van der Waals surface area contributed by atoms with Crippen LogP contribution in [0.25, 0.3) is 6.08 Å². The SMILES string of the molecule is CC(C)(C)[Si](C)(C)Oc1ccc2c(c1)C=C1CCCC[C@]1(CCOS(C)(=O)=O)O2. The van der Waals surface area contributed by atoms with Crippen LogP contribution in [0.3, 0.4) is 0 Å². The highest BCUT2D eigenvalue weighted by Gasteiger charge is 2.42. The first-order valence-corrected chi connectivity index (χ1v) is 15.1. The average molecular weight is 439 g/mol. The summed E-state index contributed by atoms with van der Waals surface area (Å²) in [6.45, 7) is 11.3. The van der Waals surface area contributed by atoms with Crippen LogP contribution in [-0.2, 0) is 14.3 Å². The van der Waals surface area contributed by atoms with Crippen LogP contribution in [0, 0.1) is 0 Å². The van der Waals surface area contributed by atoms with E-state index in [0.29, 0.717) is 6.42 Å². The molecule has 0 saturated heterocycles. The monoisotopic (exact) mass is 438 g/mol. The summed E-state index contributed by atoms with van der Waals surface area (Å²) in [4.78, 5) is 0. The summed E-state index contributed by atoms with van der Waals surface area (Å²) in [5.41, 5.74) is 1.81. The van der Waals surface area contributed by atoms with Crippen LogP contribution in [0.1, 0.15) is 58.4 Å². The molecule has 1 heterocycles. The number of benzene rings is 1. The first kappa shape index (κ1) is 22.4. The third-order valence-corrected chi connectivity index (χ3v) is 11.4. The van der Waals surface area contributed by atoms with Crippen molar-refractivity contribution in [1.82, 2.24) is 0 Å². The molecule has 0 spiro atoms. The summed E-state index contributed by atoms with van der Waals surface area (Å²) in [5.74, 6) is 1.72. The van der Waals surface area contributed by atoms with E-state index < -0.39 is 24.0 Å².